The van der Waals surface area contributed by atoms with Crippen molar-refractivity contribution in [2.24, 2.45) is 0 Å². The molecule has 0 aliphatic carbocycles. The summed E-state index contributed by atoms with van der Waals surface area (Å²) in [6.45, 7) is 9.14. The number of nitrogen functional groups attached to an aromatic ring is 1. The zero-order valence-corrected chi connectivity index (χ0v) is 11.8. The smallest absolute Gasteiger partial charge is 0.242 e. The van der Waals surface area contributed by atoms with Gasteiger partial charge in [0.25, 0.3) is 0 Å². The van der Waals surface area contributed by atoms with Gasteiger partial charge in [-0.25, -0.2) is 13.1 Å². The lowest BCUT2D eigenvalue weighted by atomic mass is 10.1. The Hall–Kier alpha value is -1.33. The summed E-state index contributed by atoms with van der Waals surface area (Å²) in [6, 6.07) is 3.09. The molecule has 0 spiro atoms. The number of hydrogen-bond donors (Lipinski definition) is 2. The molecule has 0 amide bonds. The Balaban J connectivity index is 3.13. The number of hydrogen-bond acceptors (Lipinski definition) is 3. The number of benzene rings is 1. The van der Waals surface area contributed by atoms with E-state index in [0.29, 0.717) is 6.42 Å². The third-order valence-corrected chi connectivity index (χ3v) is 4.44. The summed E-state index contributed by atoms with van der Waals surface area (Å²) in [5.74, 6) is 0. The van der Waals surface area contributed by atoms with Gasteiger partial charge >= 0.3 is 0 Å². The van der Waals surface area contributed by atoms with E-state index in [2.05, 4.69) is 11.3 Å². The highest BCUT2D eigenvalue weighted by Crippen LogP contribution is 2.22. The molecule has 1 atom stereocenters. The fraction of sp³-hybridized carbons (Fsp3) is 0.385. The molecule has 0 saturated heterocycles. The van der Waals surface area contributed by atoms with Crippen LogP contribution in [0.1, 0.15) is 24.5 Å². The second-order valence-electron chi connectivity index (χ2n) is 4.52. The fourth-order valence-electron chi connectivity index (χ4n) is 1.67. The van der Waals surface area contributed by atoms with Crippen molar-refractivity contribution < 1.29 is 8.42 Å². The van der Waals surface area contributed by atoms with Crippen molar-refractivity contribution in [3.05, 3.63) is 35.9 Å². The van der Waals surface area contributed by atoms with Gasteiger partial charge in [-0.3, -0.25) is 0 Å². The van der Waals surface area contributed by atoms with Gasteiger partial charge < -0.3 is 5.73 Å². The molecule has 1 rings (SSSR count). The summed E-state index contributed by atoms with van der Waals surface area (Å²) < 4.78 is 26.9. The molecular weight excluding hydrogens is 248 g/mol. The number of nitrogens with two attached hydrogens (primary N) is 1. The Kier molecular flexibility index (Phi) is 4.53. The predicted molar refractivity (Wildman–Crippen MR) is 74.9 cm³/mol. The second kappa shape index (κ2) is 5.54. The quantitative estimate of drug-likeness (QED) is 0.634. The molecule has 0 saturated carbocycles. The van der Waals surface area contributed by atoms with E-state index in [1.165, 1.54) is 0 Å². The average molecular weight is 268 g/mol. The molecule has 0 aliphatic rings. The normalized spacial score (nSPS) is 13.3. The van der Waals surface area contributed by atoms with Crippen LogP contribution in [0.2, 0.25) is 0 Å². The minimum absolute atomic E-state index is 0.140. The van der Waals surface area contributed by atoms with Gasteiger partial charge in [-0.15, -0.1) is 6.58 Å². The van der Waals surface area contributed by atoms with Crippen LogP contribution < -0.4 is 10.5 Å². The van der Waals surface area contributed by atoms with E-state index in [0.717, 1.165) is 11.1 Å². The molecule has 0 fully saturated rings. The van der Waals surface area contributed by atoms with E-state index in [1.807, 2.05) is 13.8 Å². The van der Waals surface area contributed by atoms with Crippen molar-refractivity contribution in [1.29, 1.82) is 0 Å². The Morgan fingerprint density at radius 3 is 2.50 bits per heavy atom. The summed E-state index contributed by atoms with van der Waals surface area (Å²) in [6.07, 6.45) is 2.25. The van der Waals surface area contributed by atoms with Crippen LogP contribution >= 0.6 is 0 Å². The summed E-state index contributed by atoms with van der Waals surface area (Å²) in [5, 5.41) is 0. The Morgan fingerprint density at radius 1 is 1.39 bits per heavy atom. The summed E-state index contributed by atoms with van der Waals surface area (Å²) >= 11 is 0. The van der Waals surface area contributed by atoms with Crippen LogP contribution in [-0.2, 0) is 10.0 Å². The van der Waals surface area contributed by atoms with Crippen molar-refractivity contribution in [1.82, 2.24) is 4.72 Å². The van der Waals surface area contributed by atoms with Gasteiger partial charge in [0, 0.05) is 6.04 Å². The van der Waals surface area contributed by atoms with Crippen molar-refractivity contribution >= 4 is 15.7 Å². The van der Waals surface area contributed by atoms with Crippen molar-refractivity contribution in [2.45, 2.75) is 38.1 Å². The maximum Gasteiger partial charge on any atom is 0.242 e. The number of sulfonamides is 1. The molecule has 5 heteroatoms. The number of anilines is 1. The first-order chi connectivity index (χ1) is 8.27. The van der Waals surface area contributed by atoms with Crippen LogP contribution in [0.3, 0.4) is 0 Å². The van der Waals surface area contributed by atoms with Gasteiger partial charge in [0.15, 0.2) is 0 Å². The predicted octanol–water partition coefficient (Wildman–Crippen LogP) is 2.13. The molecule has 0 heterocycles. The Labute approximate surface area is 109 Å². The topological polar surface area (TPSA) is 72.2 Å². The molecule has 0 aromatic heterocycles. The Bertz CT molecular complexity index is 550. The number of nitrogens with one attached hydrogen (secondary N) is 1. The van der Waals surface area contributed by atoms with Crippen molar-refractivity contribution in [2.75, 3.05) is 5.73 Å². The van der Waals surface area contributed by atoms with Crippen LogP contribution in [0.25, 0.3) is 0 Å². The van der Waals surface area contributed by atoms with E-state index in [1.54, 1.807) is 25.1 Å². The van der Waals surface area contributed by atoms with Crippen molar-refractivity contribution in [3.63, 3.8) is 0 Å². The molecule has 0 aliphatic heterocycles. The van der Waals surface area contributed by atoms with Crippen LogP contribution in [0.15, 0.2) is 29.7 Å². The first-order valence-electron chi connectivity index (χ1n) is 5.78. The second-order valence-corrected chi connectivity index (χ2v) is 6.20. The molecule has 1 aromatic rings. The van der Waals surface area contributed by atoms with Gasteiger partial charge in [0.1, 0.15) is 4.90 Å². The summed E-state index contributed by atoms with van der Waals surface area (Å²) in [4.78, 5) is 0.140. The lowest BCUT2D eigenvalue weighted by molar-refractivity contribution is 0.562. The van der Waals surface area contributed by atoms with E-state index in [-0.39, 0.29) is 16.6 Å². The third-order valence-electron chi connectivity index (χ3n) is 2.79. The van der Waals surface area contributed by atoms with Crippen molar-refractivity contribution in [3.8, 4) is 0 Å². The molecule has 3 N–H and O–H groups in total. The number of aryl methyl sites for hydroxylation is 2. The first-order valence-corrected chi connectivity index (χ1v) is 7.26. The molecule has 0 radical (unpaired) electrons. The largest absolute Gasteiger partial charge is 0.398 e. The summed E-state index contributed by atoms with van der Waals surface area (Å²) in [7, 11) is -3.57. The van der Waals surface area contributed by atoms with Gasteiger partial charge in [-0.05, 0) is 50.5 Å². The maximum atomic E-state index is 12.2. The van der Waals surface area contributed by atoms with Gasteiger partial charge in [0.2, 0.25) is 10.0 Å². The summed E-state index contributed by atoms with van der Waals surface area (Å²) in [5.41, 5.74) is 7.94. The third kappa shape index (κ3) is 3.34. The molecule has 0 bridgehead atoms. The number of rotatable bonds is 5. The molecular formula is C13H20N2O2S. The van der Waals surface area contributed by atoms with Gasteiger partial charge in [-0.1, -0.05) is 6.08 Å². The highest BCUT2D eigenvalue weighted by molar-refractivity contribution is 7.89. The molecule has 18 heavy (non-hydrogen) atoms. The zero-order valence-electron chi connectivity index (χ0n) is 11.0. The maximum absolute atomic E-state index is 12.2. The average Bonchev–Trinajstić information content (AvgIpc) is 2.22. The highest BCUT2D eigenvalue weighted by Gasteiger charge is 2.20. The minimum atomic E-state index is -3.57. The lowest BCUT2D eigenvalue weighted by Gasteiger charge is -2.15. The fourth-order valence-corrected chi connectivity index (χ4v) is 3.13. The van der Waals surface area contributed by atoms with Crippen LogP contribution in [0, 0.1) is 13.8 Å². The monoisotopic (exact) mass is 268 g/mol. The minimum Gasteiger partial charge on any atom is -0.398 e. The molecule has 4 nitrogen and oxygen atoms in total. The highest BCUT2D eigenvalue weighted by atomic mass is 32.2. The van der Waals surface area contributed by atoms with E-state index in [4.69, 9.17) is 5.73 Å². The molecule has 100 valence electrons. The van der Waals surface area contributed by atoms with Crippen LogP contribution in [0.5, 0.6) is 0 Å². The van der Waals surface area contributed by atoms with Crippen LogP contribution in [-0.4, -0.2) is 14.5 Å². The van der Waals surface area contributed by atoms with Gasteiger partial charge in [0.05, 0.1) is 5.69 Å². The molecule has 1 aromatic carbocycles. The molecule has 1 unspecified atom stereocenters. The standard InChI is InChI=1S/C13H20N2O2S/c1-5-6-11(4)15-18(16,17)13-8-10(3)9(2)7-12(13)14/h5,7-8,11,15H,1,6,14H2,2-4H3. The van der Waals surface area contributed by atoms with E-state index >= 15 is 0 Å². The Morgan fingerprint density at radius 2 is 1.94 bits per heavy atom. The van der Waals surface area contributed by atoms with E-state index in [9.17, 15) is 8.42 Å². The zero-order chi connectivity index (χ0) is 13.9. The van der Waals surface area contributed by atoms with Crippen LogP contribution in [0.4, 0.5) is 5.69 Å². The first kappa shape index (κ1) is 14.7. The lowest BCUT2D eigenvalue weighted by Crippen LogP contribution is -2.32. The van der Waals surface area contributed by atoms with E-state index < -0.39 is 10.0 Å². The SMILES string of the molecule is C=CCC(C)NS(=O)(=O)c1cc(C)c(C)cc1N. The van der Waals surface area contributed by atoms with Gasteiger partial charge in [-0.2, -0.15) is 0 Å².